The van der Waals surface area contributed by atoms with Gasteiger partial charge in [0.2, 0.25) is 6.33 Å². The zero-order chi connectivity index (χ0) is 11.2. The monoisotopic (exact) mass is 223 g/mol. The highest BCUT2D eigenvalue weighted by molar-refractivity contribution is 7.79. The summed E-state index contributed by atoms with van der Waals surface area (Å²) in [6, 6.07) is 0. The molecule has 0 spiro atoms. The fourth-order valence-corrected chi connectivity index (χ4v) is 0.813. The highest BCUT2D eigenvalue weighted by Crippen LogP contribution is 1.81. The maximum absolute atomic E-state index is 8.74. The number of rotatable bonds is 2. The molecule has 1 heterocycles. The van der Waals surface area contributed by atoms with Gasteiger partial charge in [-0.2, -0.15) is 8.42 Å². The van der Waals surface area contributed by atoms with E-state index in [4.69, 9.17) is 17.5 Å². The molecule has 82 valence electrons. The third-order valence-electron chi connectivity index (χ3n) is 1.48. The van der Waals surface area contributed by atoms with Gasteiger partial charge < -0.3 is 0 Å². The van der Waals surface area contributed by atoms with Gasteiger partial charge in [-0.1, -0.05) is 0 Å². The van der Waals surface area contributed by atoms with E-state index in [0.717, 1.165) is 13.1 Å². The lowest BCUT2D eigenvalue weighted by Crippen LogP contribution is -2.28. The van der Waals surface area contributed by atoms with Crippen LogP contribution in [-0.4, -0.2) is 22.1 Å². The fraction of sp³-hybridized carbons (Fsp3) is 0.571. The van der Waals surface area contributed by atoms with Gasteiger partial charge in [0.05, 0.1) is 13.1 Å². The Kier molecular flexibility index (Phi) is 5.36. The van der Waals surface area contributed by atoms with Crippen molar-refractivity contribution in [1.82, 2.24) is 4.57 Å². The fourth-order valence-electron chi connectivity index (χ4n) is 0.813. The molecule has 6 nitrogen and oxygen atoms in total. The summed E-state index contributed by atoms with van der Waals surface area (Å²) in [4.78, 5) is 0. The van der Waals surface area contributed by atoms with Gasteiger partial charge in [0.15, 0.2) is 0 Å². The molecule has 0 radical (unpaired) electrons. The van der Waals surface area contributed by atoms with Crippen molar-refractivity contribution >= 4 is 10.4 Å². The van der Waals surface area contributed by atoms with Crippen molar-refractivity contribution in [1.29, 1.82) is 0 Å². The predicted octanol–water partition coefficient (Wildman–Crippen LogP) is 0.163. The van der Waals surface area contributed by atoms with Gasteiger partial charge in [0.25, 0.3) is 0 Å². The van der Waals surface area contributed by atoms with E-state index in [1.165, 1.54) is 0 Å². The van der Waals surface area contributed by atoms with Crippen molar-refractivity contribution in [2.45, 2.75) is 26.9 Å². The number of nitrogens with zero attached hydrogens (tertiary/aromatic N) is 2. The smallest absolute Gasteiger partial charge is 0.264 e. The first-order valence-corrected chi connectivity index (χ1v) is 5.51. The van der Waals surface area contributed by atoms with Crippen LogP contribution >= 0.6 is 0 Å². The molecule has 0 aromatic carbocycles. The zero-order valence-corrected chi connectivity index (χ0v) is 8.98. The van der Waals surface area contributed by atoms with E-state index in [-0.39, 0.29) is 0 Å². The van der Waals surface area contributed by atoms with E-state index >= 15 is 0 Å². The van der Waals surface area contributed by atoms with E-state index in [0.29, 0.717) is 0 Å². The van der Waals surface area contributed by atoms with Crippen LogP contribution in [0.1, 0.15) is 13.8 Å². The van der Waals surface area contributed by atoms with Crippen LogP contribution in [0.5, 0.6) is 0 Å². The Morgan fingerprint density at radius 1 is 1.36 bits per heavy atom. The Morgan fingerprint density at radius 2 is 1.86 bits per heavy atom. The van der Waals surface area contributed by atoms with E-state index in [2.05, 4.69) is 41.7 Å². The van der Waals surface area contributed by atoms with E-state index in [1.807, 2.05) is 0 Å². The van der Waals surface area contributed by atoms with Gasteiger partial charge in [-0.25, -0.2) is 9.13 Å². The van der Waals surface area contributed by atoms with Crippen LogP contribution in [0, 0.1) is 0 Å². The lowest BCUT2D eigenvalue weighted by Gasteiger charge is -1.84. The van der Waals surface area contributed by atoms with Gasteiger partial charge in [-0.3, -0.25) is 9.11 Å². The molecule has 0 fully saturated rings. The Hall–Kier alpha value is -0.920. The summed E-state index contributed by atoms with van der Waals surface area (Å²) in [5, 5.41) is 0. The molecular formula is C7H15N2O4S+. The minimum atomic E-state index is -4.67. The van der Waals surface area contributed by atoms with Crippen molar-refractivity contribution in [3.8, 4) is 0 Å². The normalized spacial score (nSPS) is 10.6. The second-order valence-corrected chi connectivity index (χ2v) is 3.42. The van der Waals surface area contributed by atoms with Gasteiger partial charge in [0, 0.05) is 0 Å². The number of hydrogen-bond acceptors (Lipinski definition) is 2. The number of imidazole rings is 1. The Labute approximate surface area is 83.4 Å². The number of hydrogen-bond donors (Lipinski definition) is 2. The summed E-state index contributed by atoms with van der Waals surface area (Å²) in [5.74, 6) is 0. The molecule has 0 aliphatic heterocycles. The average Bonchev–Trinajstić information content (AvgIpc) is 2.48. The number of aromatic nitrogens is 2. The molecule has 0 bridgehead atoms. The first kappa shape index (κ1) is 13.1. The summed E-state index contributed by atoms with van der Waals surface area (Å²) in [7, 11) is -4.67. The summed E-state index contributed by atoms with van der Waals surface area (Å²) in [6.45, 7) is 6.40. The summed E-state index contributed by atoms with van der Waals surface area (Å²) >= 11 is 0. The van der Waals surface area contributed by atoms with Crippen molar-refractivity contribution in [2.24, 2.45) is 0 Å². The first-order valence-electron chi connectivity index (χ1n) is 4.11. The lowest BCUT2D eigenvalue weighted by atomic mass is 10.7. The maximum atomic E-state index is 8.74. The summed E-state index contributed by atoms with van der Waals surface area (Å²) in [5.41, 5.74) is 0. The number of aryl methyl sites for hydroxylation is 2. The third kappa shape index (κ3) is 7.71. The molecular weight excluding hydrogens is 208 g/mol. The quantitative estimate of drug-likeness (QED) is 0.552. The Balaban J connectivity index is 0.000000292. The van der Waals surface area contributed by atoms with Crippen LogP contribution in [0.4, 0.5) is 0 Å². The lowest BCUT2D eigenvalue weighted by molar-refractivity contribution is -0.693. The highest BCUT2D eigenvalue weighted by Gasteiger charge is 1.95. The van der Waals surface area contributed by atoms with Crippen LogP contribution < -0.4 is 4.57 Å². The van der Waals surface area contributed by atoms with Gasteiger partial charge in [-0.15, -0.1) is 0 Å². The molecule has 1 aromatic rings. The second kappa shape index (κ2) is 5.74. The minimum absolute atomic E-state index is 1.06. The Morgan fingerprint density at radius 3 is 2.07 bits per heavy atom. The molecule has 2 N–H and O–H groups in total. The molecule has 0 saturated heterocycles. The SMILES string of the molecule is CCn1cc[n+](CC)c1.O=S(=O)(O)O. The minimum Gasteiger partial charge on any atom is -0.264 e. The molecule has 0 aliphatic rings. The van der Waals surface area contributed by atoms with Crippen molar-refractivity contribution in [3.63, 3.8) is 0 Å². The standard InChI is InChI=1S/C7H13N2.H2O4S/c1-3-8-5-6-9(4-2)7-8;1-5(2,3)4/h5-7H,3-4H2,1-2H3;(H2,1,2,3,4)/q+1;. The first-order chi connectivity index (χ1) is 6.36. The molecule has 7 heteroatoms. The molecule has 1 aromatic heterocycles. The molecule has 0 aliphatic carbocycles. The van der Waals surface area contributed by atoms with Crippen LogP contribution in [-0.2, 0) is 23.5 Å². The largest absolute Gasteiger partial charge is 0.394 e. The Bertz CT molecular complexity index is 331. The molecule has 1 rings (SSSR count). The van der Waals surface area contributed by atoms with Crippen molar-refractivity contribution in [2.75, 3.05) is 0 Å². The van der Waals surface area contributed by atoms with Gasteiger partial charge >= 0.3 is 10.4 Å². The molecule has 0 atom stereocenters. The highest BCUT2D eigenvalue weighted by atomic mass is 32.3. The van der Waals surface area contributed by atoms with Crippen LogP contribution in [0.3, 0.4) is 0 Å². The topological polar surface area (TPSA) is 83.4 Å². The van der Waals surface area contributed by atoms with Crippen molar-refractivity contribution < 1.29 is 22.1 Å². The molecule has 0 saturated carbocycles. The summed E-state index contributed by atoms with van der Waals surface area (Å²) < 4.78 is 35.9. The maximum Gasteiger partial charge on any atom is 0.394 e. The molecule has 14 heavy (non-hydrogen) atoms. The van der Waals surface area contributed by atoms with Crippen LogP contribution in [0.15, 0.2) is 18.7 Å². The zero-order valence-electron chi connectivity index (χ0n) is 8.16. The molecule has 0 amide bonds. The molecule has 0 unspecified atom stereocenters. The van der Waals surface area contributed by atoms with Gasteiger partial charge in [-0.05, 0) is 13.8 Å². The van der Waals surface area contributed by atoms with Gasteiger partial charge in [0.1, 0.15) is 12.4 Å². The average molecular weight is 223 g/mol. The van der Waals surface area contributed by atoms with E-state index < -0.39 is 10.4 Å². The van der Waals surface area contributed by atoms with E-state index in [1.54, 1.807) is 0 Å². The predicted molar refractivity (Wildman–Crippen MR) is 50.2 cm³/mol. The van der Waals surface area contributed by atoms with E-state index in [9.17, 15) is 0 Å². The van der Waals surface area contributed by atoms with Crippen molar-refractivity contribution in [3.05, 3.63) is 18.7 Å². The third-order valence-corrected chi connectivity index (χ3v) is 1.48. The van der Waals surface area contributed by atoms with Crippen LogP contribution in [0.25, 0.3) is 0 Å². The van der Waals surface area contributed by atoms with Crippen LogP contribution in [0.2, 0.25) is 0 Å². The summed E-state index contributed by atoms with van der Waals surface area (Å²) in [6.07, 6.45) is 6.28. The second-order valence-electron chi connectivity index (χ2n) is 2.52.